The van der Waals surface area contributed by atoms with Crippen LogP contribution >= 0.6 is 0 Å². The van der Waals surface area contributed by atoms with Crippen molar-refractivity contribution in [1.29, 1.82) is 0 Å². The minimum atomic E-state index is -3.59. The number of nitrogens with two attached hydrogens (primary N) is 1. The molecule has 1 aromatic carbocycles. The largest absolute Gasteiger partial charge is 0.372 e. The Morgan fingerprint density at radius 2 is 1.58 bits per heavy atom. The Kier molecular flexibility index (Phi) is 13.2. The number of hydrogen-bond acceptors (Lipinski definition) is 8. The number of Topliss-reactive ketones (excluding diaryl/α,β-unsaturated/α-hetero) is 1. The molecule has 3 aliphatic rings. The molecule has 4 atom stereocenters. The Balaban J connectivity index is 1.58. The van der Waals surface area contributed by atoms with Crippen LogP contribution in [0.25, 0.3) is 0 Å². The molecule has 1 heterocycles. The van der Waals surface area contributed by atoms with E-state index in [1.807, 2.05) is 30.3 Å². The SMILES string of the molecule is CC(C)(C)[C@H](NC(=O)NC1(CS(=O)(=O)C(C)(C)C)CCCCC1)C(=O)N1CC(OCc2ccccc2)C[C@H]1C(=O)NC(CC1CCC1)C(=O)C(N)=O. The fourth-order valence-electron chi connectivity index (χ4n) is 7.27. The fraction of sp³-hybridized carbons (Fsp3) is 0.711. The van der Waals surface area contributed by atoms with Gasteiger partial charge in [0.05, 0.1) is 34.8 Å². The normalized spacial score (nSPS) is 22.1. The summed E-state index contributed by atoms with van der Waals surface area (Å²) < 4.78 is 31.9. The van der Waals surface area contributed by atoms with Gasteiger partial charge in [0.2, 0.25) is 17.6 Å². The number of urea groups is 1. The van der Waals surface area contributed by atoms with Crippen molar-refractivity contribution in [3.05, 3.63) is 35.9 Å². The van der Waals surface area contributed by atoms with Crippen molar-refractivity contribution in [1.82, 2.24) is 20.9 Å². The van der Waals surface area contributed by atoms with Crippen molar-refractivity contribution in [3.63, 3.8) is 0 Å². The second-order valence-corrected chi connectivity index (χ2v) is 19.8. The highest BCUT2D eigenvalue weighted by atomic mass is 32.2. The van der Waals surface area contributed by atoms with Crippen LogP contribution in [-0.4, -0.2) is 89.7 Å². The Hall–Kier alpha value is -3.52. The van der Waals surface area contributed by atoms with E-state index in [0.29, 0.717) is 12.8 Å². The van der Waals surface area contributed by atoms with E-state index in [2.05, 4.69) is 16.0 Å². The topological polar surface area (TPSA) is 194 Å². The summed E-state index contributed by atoms with van der Waals surface area (Å²) in [6.45, 7) is 10.6. The number of primary amides is 1. The van der Waals surface area contributed by atoms with Crippen LogP contribution < -0.4 is 21.7 Å². The highest BCUT2D eigenvalue weighted by Gasteiger charge is 2.47. The van der Waals surface area contributed by atoms with E-state index in [1.54, 1.807) is 41.5 Å². The van der Waals surface area contributed by atoms with Gasteiger partial charge >= 0.3 is 6.03 Å². The second kappa shape index (κ2) is 16.7. The third-order valence-corrected chi connectivity index (χ3v) is 13.6. The lowest BCUT2D eigenvalue weighted by Gasteiger charge is -2.41. The van der Waals surface area contributed by atoms with Gasteiger partial charge in [0, 0.05) is 13.0 Å². The molecule has 1 aromatic rings. The molecule has 0 spiro atoms. The Bertz CT molecular complexity index is 1560. The first-order valence-corrected chi connectivity index (χ1v) is 20.3. The van der Waals surface area contributed by atoms with Gasteiger partial charge in [-0.2, -0.15) is 0 Å². The van der Waals surface area contributed by atoms with Crippen LogP contribution in [0.15, 0.2) is 30.3 Å². The molecule has 5 N–H and O–H groups in total. The molecule has 2 unspecified atom stereocenters. The third kappa shape index (κ3) is 10.5. The first-order valence-electron chi connectivity index (χ1n) is 18.6. The molecule has 2 aliphatic carbocycles. The molecule has 290 valence electrons. The van der Waals surface area contributed by atoms with E-state index in [0.717, 1.165) is 44.1 Å². The number of nitrogens with one attached hydrogen (secondary N) is 3. The van der Waals surface area contributed by atoms with E-state index in [1.165, 1.54) is 4.90 Å². The van der Waals surface area contributed by atoms with Gasteiger partial charge in [-0.3, -0.25) is 19.2 Å². The first kappa shape index (κ1) is 41.2. The Morgan fingerprint density at radius 3 is 2.12 bits per heavy atom. The monoisotopic (exact) mass is 745 g/mol. The lowest BCUT2D eigenvalue weighted by atomic mass is 9.80. The lowest BCUT2D eigenvalue weighted by Crippen LogP contribution is -2.63. The number of likely N-dealkylation sites (tertiary alicyclic amines) is 1. The predicted molar refractivity (Wildman–Crippen MR) is 197 cm³/mol. The molecule has 4 rings (SSSR count). The highest BCUT2D eigenvalue weighted by molar-refractivity contribution is 7.92. The summed E-state index contributed by atoms with van der Waals surface area (Å²) in [6.07, 6.45) is 6.07. The van der Waals surface area contributed by atoms with Crippen LogP contribution in [0, 0.1) is 11.3 Å². The molecule has 14 heteroatoms. The van der Waals surface area contributed by atoms with Crippen molar-refractivity contribution in [2.75, 3.05) is 12.3 Å². The number of sulfone groups is 1. The molecular weight excluding hydrogens is 687 g/mol. The molecule has 3 fully saturated rings. The van der Waals surface area contributed by atoms with Crippen LogP contribution in [0.1, 0.15) is 111 Å². The summed E-state index contributed by atoms with van der Waals surface area (Å²) >= 11 is 0. The fourth-order valence-corrected chi connectivity index (χ4v) is 8.79. The zero-order valence-corrected chi connectivity index (χ0v) is 32.5. The van der Waals surface area contributed by atoms with Crippen LogP contribution in [0.4, 0.5) is 4.79 Å². The van der Waals surface area contributed by atoms with Crippen LogP contribution in [0.3, 0.4) is 0 Å². The number of ketones is 1. The summed E-state index contributed by atoms with van der Waals surface area (Å²) in [5, 5.41) is 8.57. The highest BCUT2D eigenvalue weighted by Crippen LogP contribution is 2.34. The second-order valence-electron chi connectivity index (χ2n) is 17.1. The van der Waals surface area contributed by atoms with Crippen molar-refractivity contribution in [2.24, 2.45) is 17.1 Å². The van der Waals surface area contributed by atoms with E-state index < -0.39 is 79.3 Å². The number of ether oxygens (including phenoxy) is 1. The van der Waals surface area contributed by atoms with Gasteiger partial charge in [0.15, 0.2) is 9.84 Å². The molecule has 13 nitrogen and oxygen atoms in total. The molecule has 1 aliphatic heterocycles. The number of carbonyl (C=O) groups is 5. The van der Waals surface area contributed by atoms with E-state index in [-0.39, 0.29) is 37.7 Å². The number of amides is 5. The van der Waals surface area contributed by atoms with E-state index in [9.17, 15) is 32.4 Å². The van der Waals surface area contributed by atoms with Gasteiger partial charge in [-0.1, -0.05) is 89.6 Å². The maximum Gasteiger partial charge on any atom is 0.315 e. The third-order valence-electron chi connectivity index (χ3n) is 10.8. The quantitative estimate of drug-likeness (QED) is 0.208. The summed E-state index contributed by atoms with van der Waals surface area (Å²) in [6, 6.07) is 5.53. The summed E-state index contributed by atoms with van der Waals surface area (Å²) in [5.41, 5.74) is 4.45. The van der Waals surface area contributed by atoms with E-state index >= 15 is 0 Å². The molecule has 5 amide bonds. The minimum Gasteiger partial charge on any atom is -0.372 e. The molecule has 0 bridgehead atoms. The van der Waals surface area contributed by atoms with Crippen molar-refractivity contribution in [2.45, 2.75) is 147 Å². The van der Waals surface area contributed by atoms with Crippen LogP contribution in [0.2, 0.25) is 0 Å². The van der Waals surface area contributed by atoms with Gasteiger partial charge in [0.1, 0.15) is 12.1 Å². The number of rotatable bonds is 14. The van der Waals surface area contributed by atoms with Gasteiger partial charge in [-0.15, -0.1) is 0 Å². The van der Waals surface area contributed by atoms with Crippen molar-refractivity contribution >= 4 is 39.4 Å². The first-order chi connectivity index (χ1) is 24.2. The Labute approximate surface area is 308 Å². The lowest BCUT2D eigenvalue weighted by molar-refractivity contribution is -0.143. The molecule has 0 aromatic heterocycles. The minimum absolute atomic E-state index is 0.0461. The van der Waals surface area contributed by atoms with Gasteiger partial charge in [-0.05, 0) is 56.9 Å². The smallest absolute Gasteiger partial charge is 0.315 e. The summed E-state index contributed by atoms with van der Waals surface area (Å²) in [4.78, 5) is 68.5. The maximum absolute atomic E-state index is 14.6. The van der Waals surface area contributed by atoms with Gasteiger partial charge < -0.3 is 31.3 Å². The number of hydrogen-bond donors (Lipinski definition) is 4. The van der Waals surface area contributed by atoms with Crippen molar-refractivity contribution < 1.29 is 37.1 Å². The molecular formula is C38H59N5O8S. The van der Waals surface area contributed by atoms with Gasteiger partial charge in [0.25, 0.3) is 5.91 Å². The standard InChI is InChI=1S/C38H59N5O8S/c1-36(2,3)31(41-35(48)42-38(18-11-8-12-19-38)24-52(49,50)37(4,5)6)34(47)43-22-27(51-23-26-14-9-7-10-15-26)21-29(43)33(46)40-28(30(44)32(39)45)20-25-16-13-17-25/h7,9-10,14-15,25,27-29,31H,8,11-13,16-24H2,1-6H3,(H2,39,45)(H,40,46)(H2,41,42,48)/t27?,28?,29-,31+/m0/s1. The zero-order valence-electron chi connectivity index (χ0n) is 31.7. The summed E-state index contributed by atoms with van der Waals surface area (Å²) in [5.74, 6) is -3.19. The summed E-state index contributed by atoms with van der Waals surface area (Å²) in [7, 11) is -3.59. The number of carbonyl (C=O) groups excluding carboxylic acids is 5. The van der Waals surface area contributed by atoms with E-state index in [4.69, 9.17) is 10.5 Å². The molecule has 1 saturated heterocycles. The molecule has 52 heavy (non-hydrogen) atoms. The Morgan fingerprint density at radius 1 is 0.942 bits per heavy atom. The van der Waals surface area contributed by atoms with Gasteiger partial charge in [-0.25, -0.2) is 13.2 Å². The molecule has 2 saturated carbocycles. The maximum atomic E-state index is 14.6. The van der Waals surface area contributed by atoms with Crippen molar-refractivity contribution in [3.8, 4) is 0 Å². The molecule has 0 radical (unpaired) electrons. The predicted octanol–water partition coefficient (Wildman–Crippen LogP) is 3.53. The van der Waals surface area contributed by atoms with Crippen LogP contribution in [0.5, 0.6) is 0 Å². The zero-order chi connectivity index (χ0) is 38.5. The average molecular weight is 746 g/mol. The number of benzene rings is 1. The average Bonchev–Trinajstić information content (AvgIpc) is 3.47. The van der Waals surface area contributed by atoms with Crippen LogP contribution in [-0.2, 0) is 40.4 Å². The number of nitrogens with zero attached hydrogens (tertiary/aromatic N) is 1.